The SMILES string of the molecule is COCC(COC)n1c(NS(=O)(=O)[C@@H](C)[C@H](OC)c2cnc(Cl)cn2)nnc1-c1ccn(C)n1. The van der Waals surface area contributed by atoms with Crippen molar-refractivity contribution in [3.05, 3.63) is 35.5 Å². The van der Waals surface area contributed by atoms with Gasteiger partial charge >= 0.3 is 0 Å². The number of hydrogen-bond donors (Lipinski definition) is 1. The molecule has 0 saturated heterocycles. The van der Waals surface area contributed by atoms with E-state index in [1.165, 1.54) is 40.6 Å². The van der Waals surface area contributed by atoms with Crippen molar-refractivity contribution in [2.24, 2.45) is 7.05 Å². The number of nitrogens with one attached hydrogen (secondary N) is 1. The van der Waals surface area contributed by atoms with E-state index in [-0.39, 0.29) is 24.3 Å². The summed E-state index contributed by atoms with van der Waals surface area (Å²) in [6.07, 6.45) is 3.53. The van der Waals surface area contributed by atoms with E-state index in [1.807, 2.05) is 0 Å². The lowest BCUT2D eigenvalue weighted by Crippen LogP contribution is -2.34. The maximum atomic E-state index is 13.4. The molecule has 0 unspecified atom stereocenters. The van der Waals surface area contributed by atoms with Gasteiger partial charge in [0.2, 0.25) is 16.0 Å². The Morgan fingerprint density at radius 3 is 2.35 bits per heavy atom. The summed E-state index contributed by atoms with van der Waals surface area (Å²) >= 11 is 5.80. The second kappa shape index (κ2) is 11.2. The molecule has 15 heteroatoms. The van der Waals surface area contributed by atoms with Gasteiger partial charge in [-0.2, -0.15) is 5.10 Å². The van der Waals surface area contributed by atoms with Crippen molar-refractivity contribution < 1.29 is 22.6 Å². The number of methoxy groups -OCH3 is 3. The number of rotatable bonds is 12. The molecule has 0 aromatic carbocycles. The average Bonchev–Trinajstić information content (AvgIpc) is 3.41. The Hall–Kier alpha value is -2.65. The Balaban J connectivity index is 1.99. The van der Waals surface area contributed by atoms with Crippen LogP contribution >= 0.6 is 11.6 Å². The molecule has 0 fully saturated rings. The lowest BCUT2D eigenvalue weighted by atomic mass is 10.2. The minimum absolute atomic E-state index is 0.0105. The minimum atomic E-state index is -4.04. The molecule has 0 amide bonds. The molecule has 0 aliphatic carbocycles. The Morgan fingerprint density at radius 2 is 1.82 bits per heavy atom. The lowest BCUT2D eigenvalue weighted by molar-refractivity contribution is 0.0908. The Morgan fingerprint density at radius 1 is 1.12 bits per heavy atom. The number of aryl methyl sites for hydroxylation is 1. The fourth-order valence-electron chi connectivity index (χ4n) is 3.40. The normalized spacial score (nSPS) is 13.9. The molecular formula is C19H27ClN8O5S. The van der Waals surface area contributed by atoms with Gasteiger partial charge in [0.05, 0.1) is 37.3 Å². The first-order valence-corrected chi connectivity index (χ1v) is 12.1. The van der Waals surface area contributed by atoms with E-state index in [9.17, 15) is 8.42 Å². The van der Waals surface area contributed by atoms with Crippen molar-refractivity contribution >= 4 is 27.6 Å². The molecule has 13 nitrogen and oxygen atoms in total. The number of nitrogens with zero attached hydrogens (tertiary/aromatic N) is 7. The van der Waals surface area contributed by atoms with Crippen LogP contribution in [0.4, 0.5) is 5.95 Å². The summed E-state index contributed by atoms with van der Waals surface area (Å²) in [6, 6.07) is 1.31. The van der Waals surface area contributed by atoms with Crippen LogP contribution in [-0.2, 0) is 31.3 Å². The first-order chi connectivity index (χ1) is 16.2. The highest BCUT2D eigenvalue weighted by Crippen LogP contribution is 2.28. The third kappa shape index (κ3) is 5.70. The number of anilines is 1. The Bertz CT molecular complexity index is 1180. The van der Waals surface area contributed by atoms with Crippen molar-refractivity contribution in [3.63, 3.8) is 0 Å². The minimum Gasteiger partial charge on any atom is -0.382 e. The maximum Gasteiger partial charge on any atom is 0.240 e. The van der Waals surface area contributed by atoms with Gasteiger partial charge in [0.15, 0.2) is 5.82 Å². The fraction of sp³-hybridized carbons (Fsp3) is 0.526. The molecule has 186 valence electrons. The highest BCUT2D eigenvalue weighted by molar-refractivity contribution is 7.93. The summed E-state index contributed by atoms with van der Waals surface area (Å²) in [6.45, 7) is 1.93. The third-order valence-electron chi connectivity index (χ3n) is 5.06. The van der Waals surface area contributed by atoms with Crippen LogP contribution in [0.3, 0.4) is 0 Å². The summed E-state index contributed by atoms with van der Waals surface area (Å²) in [7, 11) is 2.19. The van der Waals surface area contributed by atoms with Gasteiger partial charge in [0.25, 0.3) is 0 Å². The maximum absolute atomic E-state index is 13.4. The van der Waals surface area contributed by atoms with E-state index in [0.29, 0.717) is 17.2 Å². The zero-order chi connectivity index (χ0) is 24.9. The summed E-state index contributed by atoms with van der Waals surface area (Å²) in [5, 5.41) is 11.8. The molecular weight excluding hydrogens is 488 g/mol. The smallest absolute Gasteiger partial charge is 0.240 e. The van der Waals surface area contributed by atoms with Crippen LogP contribution in [0, 0.1) is 0 Å². The Kier molecular flexibility index (Phi) is 8.54. The average molecular weight is 515 g/mol. The second-order valence-corrected chi connectivity index (χ2v) is 9.85. The molecule has 2 atom stereocenters. The molecule has 0 aliphatic rings. The molecule has 0 spiro atoms. The van der Waals surface area contributed by atoms with Crippen LogP contribution in [0.1, 0.15) is 24.8 Å². The van der Waals surface area contributed by atoms with E-state index in [2.05, 4.69) is 30.0 Å². The molecule has 0 aliphatic heterocycles. The van der Waals surface area contributed by atoms with E-state index in [0.717, 1.165) is 0 Å². The second-order valence-electron chi connectivity index (χ2n) is 7.43. The van der Waals surface area contributed by atoms with Gasteiger partial charge < -0.3 is 14.2 Å². The van der Waals surface area contributed by atoms with Crippen molar-refractivity contribution in [2.45, 2.75) is 24.3 Å². The summed E-state index contributed by atoms with van der Waals surface area (Å²) in [4.78, 5) is 8.10. The first kappa shape index (κ1) is 26.0. The molecule has 3 aromatic heterocycles. The van der Waals surface area contributed by atoms with Gasteiger partial charge in [0.1, 0.15) is 22.2 Å². The van der Waals surface area contributed by atoms with Crippen LogP contribution in [0.5, 0.6) is 0 Å². The van der Waals surface area contributed by atoms with Crippen molar-refractivity contribution in [1.82, 2.24) is 34.5 Å². The molecule has 1 N–H and O–H groups in total. The lowest BCUT2D eigenvalue weighted by Gasteiger charge is -2.24. The summed E-state index contributed by atoms with van der Waals surface area (Å²) in [5.41, 5.74) is 0.828. The largest absolute Gasteiger partial charge is 0.382 e. The molecule has 0 radical (unpaired) electrons. The van der Waals surface area contributed by atoms with Crippen LogP contribution in [0.15, 0.2) is 24.7 Å². The van der Waals surface area contributed by atoms with Crippen LogP contribution < -0.4 is 4.72 Å². The standard InChI is InChI=1S/C19H27ClN8O5S/c1-12(17(33-5)15-8-22-16(20)9-21-15)34(29,30)26-19-24-23-18(14-6-7-27(2)25-14)28(19)13(10-31-3)11-32-4/h6-9,12-13,17H,10-11H2,1-5H3,(H,24,26)/t12-,17-/m0/s1. The molecule has 3 rings (SSSR count). The van der Waals surface area contributed by atoms with Gasteiger partial charge in [-0.1, -0.05) is 11.6 Å². The highest BCUT2D eigenvalue weighted by Gasteiger charge is 2.34. The number of halogens is 1. The number of ether oxygens (including phenoxy) is 3. The van der Waals surface area contributed by atoms with Crippen LogP contribution in [0.2, 0.25) is 5.15 Å². The van der Waals surface area contributed by atoms with Crippen molar-refractivity contribution in [3.8, 4) is 11.5 Å². The number of sulfonamides is 1. The fourth-order valence-corrected chi connectivity index (χ4v) is 4.66. The van der Waals surface area contributed by atoms with Crippen LogP contribution in [0.25, 0.3) is 11.5 Å². The van der Waals surface area contributed by atoms with Crippen molar-refractivity contribution in [1.29, 1.82) is 0 Å². The van der Waals surface area contributed by atoms with Crippen LogP contribution in [-0.4, -0.2) is 82.7 Å². The van der Waals surface area contributed by atoms with Crippen molar-refractivity contribution in [2.75, 3.05) is 39.3 Å². The predicted octanol–water partition coefficient (Wildman–Crippen LogP) is 1.47. The van der Waals surface area contributed by atoms with Gasteiger partial charge in [-0.15, -0.1) is 10.2 Å². The summed E-state index contributed by atoms with van der Waals surface area (Å²) < 4.78 is 48.5. The molecule has 34 heavy (non-hydrogen) atoms. The quantitative estimate of drug-likeness (QED) is 0.376. The van der Waals surface area contributed by atoms with Gasteiger partial charge in [-0.3, -0.25) is 19.0 Å². The van der Waals surface area contributed by atoms with E-state index < -0.39 is 27.4 Å². The first-order valence-electron chi connectivity index (χ1n) is 10.2. The van der Waals surface area contributed by atoms with Gasteiger partial charge in [0, 0.05) is 34.6 Å². The summed E-state index contributed by atoms with van der Waals surface area (Å²) in [5.74, 6) is 0.348. The molecule has 3 aromatic rings. The number of aromatic nitrogens is 7. The number of hydrogen-bond acceptors (Lipinski definition) is 10. The van der Waals surface area contributed by atoms with E-state index in [4.69, 9.17) is 25.8 Å². The van der Waals surface area contributed by atoms with Gasteiger partial charge in [-0.25, -0.2) is 13.4 Å². The molecule has 0 bridgehead atoms. The zero-order valence-electron chi connectivity index (χ0n) is 19.4. The molecule has 3 heterocycles. The topological polar surface area (TPSA) is 148 Å². The zero-order valence-corrected chi connectivity index (χ0v) is 21.0. The van der Waals surface area contributed by atoms with E-state index in [1.54, 1.807) is 28.6 Å². The monoisotopic (exact) mass is 514 g/mol. The predicted molar refractivity (Wildman–Crippen MR) is 124 cm³/mol. The third-order valence-corrected chi connectivity index (χ3v) is 6.95. The highest BCUT2D eigenvalue weighted by atomic mass is 35.5. The molecule has 0 saturated carbocycles. The van der Waals surface area contributed by atoms with Gasteiger partial charge in [-0.05, 0) is 13.0 Å². The Labute approximate surface area is 202 Å². The van der Waals surface area contributed by atoms with E-state index >= 15 is 0 Å².